The van der Waals surface area contributed by atoms with Gasteiger partial charge in [-0.1, -0.05) is 32.1 Å². The topological polar surface area (TPSA) is 32.3 Å². The summed E-state index contributed by atoms with van der Waals surface area (Å²) in [6, 6.07) is 0.457. The summed E-state index contributed by atoms with van der Waals surface area (Å²) in [5, 5.41) is 3.21. The van der Waals surface area contributed by atoms with E-state index in [1.165, 1.54) is 32.1 Å². The average Bonchev–Trinajstić information content (AvgIpc) is 2.25. The Morgan fingerprint density at radius 3 is 2.50 bits per heavy atom. The fourth-order valence-electron chi connectivity index (χ4n) is 2.73. The zero-order valence-electron chi connectivity index (χ0n) is 10.4. The summed E-state index contributed by atoms with van der Waals surface area (Å²) >= 11 is 0. The fourth-order valence-corrected chi connectivity index (χ4v) is 2.73. The lowest BCUT2D eigenvalue weighted by Gasteiger charge is -2.36. The minimum Gasteiger partial charge on any atom is -0.340 e. The number of nitrogens with one attached hydrogen (secondary N) is 1. The average molecular weight is 224 g/mol. The molecule has 2 rings (SSSR count). The summed E-state index contributed by atoms with van der Waals surface area (Å²) in [5.41, 5.74) is 0. The Kier molecular flexibility index (Phi) is 4.22. The lowest BCUT2D eigenvalue weighted by atomic mass is 9.86. The highest BCUT2D eigenvalue weighted by Gasteiger charge is 2.25. The third kappa shape index (κ3) is 2.97. The van der Waals surface area contributed by atoms with Crippen molar-refractivity contribution in [1.29, 1.82) is 0 Å². The second-order valence-corrected chi connectivity index (χ2v) is 5.36. The molecular weight excluding hydrogens is 200 g/mol. The first kappa shape index (κ1) is 11.9. The van der Waals surface area contributed by atoms with E-state index in [0.29, 0.717) is 11.9 Å². The number of nitrogens with zero attached hydrogens (tertiary/aromatic N) is 1. The summed E-state index contributed by atoms with van der Waals surface area (Å²) in [6.45, 7) is 1.96. The van der Waals surface area contributed by atoms with Crippen LogP contribution < -0.4 is 5.32 Å². The van der Waals surface area contributed by atoms with E-state index in [1.807, 2.05) is 11.9 Å². The number of hydrogen-bond acceptors (Lipinski definition) is 2. The van der Waals surface area contributed by atoms with Gasteiger partial charge < -0.3 is 10.2 Å². The van der Waals surface area contributed by atoms with E-state index in [0.717, 1.165) is 31.8 Å². The van der Waals surface area contributed by atoms with Crippen LogP contribution in [-0.2, 0) is 4.79 Å². The van der Waals surface area contributed by atoms with Crippen molar-refractivity contribution in [2.75, 3.05) is 20.1 Å². The van der Waals surface area contributed by atoms with Crippen molar-refractivity contribution in [2.45, 2.75) is 51.0 Å². The Hall–Kier alpha value is -0.570. The SMILES string of the molecule is CN(C(=O)CCC1CCCCC1)C1CNC1. The number of carbonyl (C=O) groups is 1. The largest absolute Gasteiger partial charge is 0.340 e. The summed E-state index contributed by atoms with van der Waals surface area (Å²) in [5.74, 6) is 1.17. The number of likely N-dealkylation sites (N-methyl/N-ethyl adjacent to an activating group) is 1. The molecule has 16 heavy (non-hydrogen) atoms. The van der Waals surface area contributed by atoms with Crippen molar-refractivity contribution in [3.8, 4) is 0 Å². The third-order valence-electron chi connectivity index (χ3n) is 4.19. The van der Waals surface area contributed by atoms with Crippen molar-refractivity contribution in [3.05, 3.63) is 0 Å². The van der Waals surface area contributed by atoms with Gasteiger partial charge in [0.05, 0.1) is 6.04 Å². The standard InChI is InChI=1S/C13H24N2O/c1-15(12-9-14-10-12)13(16)8-7-11-5-3-2-4-6-11/h11-12,14H,2-10H2,1H3. The predicted octanol–water partition coefficient (Wildman–Crippen LogP) is 1.78. The van der Waals surface area contributed by atoms with Gasteiger partial charge in [-0.05, 0) is 12.3 Å². The van der Waals surface area contributed by atoms with Crippen LogP contribution in [0.25, 0.3) is 0 Å². The third-order valence-corrected chi connectivity index (χ3v) is 4.19. The van der Waals surface area contributed by atoms with Crippen LogP contribution in [-0.4, -0.2) is 37.0 Å². The predicted molar refractivity (Wildman–Crippen MR) is 65.2 cm³/mol. The van der Waals surface area contributed by atoms with Gasteiger partial charge >= 0.3 is 0 Å². The molecule has 1 heterocycles. The minimum absolute atomic E-state index is 0.345. The van der Waals surface area contributed by atoms with Crippen LogP contribution >= 0.6 is 0 Å². The minimum atomic E-state index is 0.345. The highest BCUT2D eigenvalue weighted by molar-refractivity contribution is 5.76. The van der Waals surface area contributed by atoms with Gasteiger partial charge in [-0.2, -0.15) is 0 Å². The first-order chi connectivity index (χ1) is 7.77. The lowest BCUT2D eigenvalue weighted by molar-refractivity contribution is -0.133. The fraction of sp³-hybridized carbons (Fsp3) is 0.923. The Balaban J connectivity index is 1.65. The van der Waals surface area contributed by atoms with Crippen molar-refractivity contribution in [1.82, 2.24) is 10.2 Å². The van der Waals surface area contributed by atoms with Crippen molar-refractivity contribution in [3.63, 3.8) is 0 Å². The van der Waals surface area contributed by atoms with Crippen molar-refractivity contribution >= 4 is 5.91 Å². The van der Waals surface area contributed by atoms with E-state index in [-0.39, 0.29) is 0 Å². The van der Waals surface area contributed by atoms with E-state index in [2.05, 4.69) is 5.32 Å². The molecule has 2 fully saturated rings. The lowest BCUT2D eigenvalue weighted by Crippen LogP contribution is -2.57. The van der Waals surface area contributed by atoms with Crippen molar-refractivity contribution in [2.24, 2.45) is 5.92 Å². The molecule has 1 amide bonds. The van der Waals surface area contributed by atoms with E-state index >= 15 is 0 Å². The first-order valence-corrected chi connectivity index (χ1v) is 6.74. The molecule has 1 N–H and O–H groups in total. The van der Waals surface area contributed by atoms with Crippen LogP contribution in [0, 0.1) is 5.92 Å². The maximum absolute atomic E-state index is 11.9. The maximum atomic E-state index is 11.9. The van der Waals surface area contributed by atoms with E-state index in [1.54, 1.807) is 0 Å². The number of rotatable bonds is 4. The Labute approximate surface area is 98.6 Å². The monoisotopic (exact) mass is 224 g/mol. The number of hydrogen-bond donors (Lipinski definition) is 1. The van der Waals surface area contributed by atoms with Crippen LogP contribution in [0.5, 0.6) is 0 Å². The Morgan fingerprint density at radius 2 is 1.94 bits per heavy atom. The molecule has 0 aromatic rings. The van der Waals surface area contributed by atoms with Gasteiger partial charge in [-0.15, -0.1) is 0 Å². The van der Waals surface area contributed by atoms with Crippen LogP contribution in [0.2, 0.25) is 0 Å². The molecule has 92 valence electrons. The van der Waals surface area contributed by atoms with Gasteiger partial charge in [0.25, 0.3) is 0 Å². The molecule has 1 aliphatic carbocycles. The molecule has 0 radical (unpaired) electrons. The highest BCUT2D eigenvalue weighted by Crippen LogP contribution is 2.27. The molecule has 2 aliphatic rings. The first-order valence-electron chi connectivity index (χ1n) is 6.74. The van der Waals surface area contributed by atoms with Crippen LogP contribution in [0.1, 0.15) is 44.9 Å². The molecule has 0 unspecified atom stereocenters. The number of amides is 1. The van der Waals surface area contributed by atoms with Gasteiger partial charge in [0.15, 0.2) is 0 Å². The zero-order valence-corrected chi connectivity index (χ0v) is 10.4. The summed E-state index contributed by atoms with van der Waals surface area (Å²) < 4.78 is 0. The van der Waals surface area contributed by atoms with Crippen LogP contribution in [0.3, 0.4) is 0 Å². The molecule has 0 spiro atoms. The summed E-state index contributed by atoms with van der Waals surface area (Å²) in [7, 11) is 1.95. The quantitative estimate of drug-likeness (QED) is 0.789. The Morgan fingerprint density at radius 1 is 1.25 bits per heavy atom. The highest BCUT2D eigenvalue weighted by atomic mass is 16.2. The van der Waals surface area contributed by atoms with Gasteiger partial charge in [-0.25, -0.2) is 0 Å². The molecule has 0 bridgehead atoms. The van der Waals surface area contributed by atoms with Gasteiger partial charge in [0.2, 0.25) is 5.91 Å². The molecule has 3 heteroatoms. The molecule has 1 aliphatic heterocycles. The molecule has 3 nitrogen and oxygen atoms in total. The van der Waals surface area contributed by atoms with Crippen LogP contribution in [0.4, 0.5) is 0 Å². The smallest absolute Gasteiger partial charge is 0.222 e. The van der Waals surface area contributed by atoms with E-state index in [9.17, 15) is 4.79 Å². The molecule has 0 aromatic carbocycles. The zero-order chi connectivity index (χ0) is 11.4. The van der Waals surface area contributed by atoms with E-state index < -0.39 is 0 Å². The molecular formula is C13H24N2O. The summed E-state index contributed by atoms with van der Waals surface area (Å²) in [4.78, 5) is 13.9. The number of carbonyl (C=O) groups excluding carboxylic acids is 1. The van der Waals surface area contributed by atoms with E-state index in [4.69, 9.17) is 0 Å². The van der Waals surface area contributed by atoms with Gasteiger partial charge in [-0.3, -0.25) is 4.79 Å². The van der Waals surface area contributed by atoms with Crippen molar-refractivity contribution < 1.29 is 4.79 Å². The molecule has 0 aromatic heterocycles. The molecule has 1 saturated heterocycles. The van der Waals surface area contributed by atoms with Gasteiger partial charge in [0.1, 0.15) is 0 Å². The Bertz CT molecular complexity index is 232. The van der Waals surface area contributed by atoms with Gasteiger partial charge in [0, 0.05) is 26.6 Å². The van der Waals surface area contributed by atoms with Crippen LogP contribution in [0.15, 0.2) is 0 Å². The molecule has 1 saturated carbocycles. The summed E-state index contributed by atoms with van der Waals surface area (Å²) in [6.07, 6.45) is 8.73. The maximum Gasteiger partial charge on any atom is 0.222 e. The second-order valence-electron chi connectivity index (χ2n) is 5.36. The molecule has 0 atom stereocenters. The normalized spacial score (nSPS) is 22.8. The second kappa shape index (κ2) is 5.67.